The largest absolute Gasteiger partial charge is 0.449 e. The van der Waals surface area contributed by atoms with Crippen molar-refractivity contribution in [1.82, 2.24) is 5.32 Å². The molecule has 1 N–H and O–H groups in total. The first-order valence-electron chi connectivity index (χ1n) is 8.85. The fourth-order valence-electron chi connectivity index (χ4n) is 2.39. The number of aryl methyl sites for hydroxylation is 2. The standard InChI is InChI=1S/C21H23NO6S/c1-5-12-22-20(23)16(4)27-21(24)17-8-10-18(11-9-17)28-29(25,26)19-13-14(2)6-7-15(19)3/h5-11,13,16H,1,12H2,2-4H3,(H,22,23)/t16-/m0/s1. The van der Waals surface area contributed by atoms with Crippen molar-refractivity contribution >= 4 is 22.0 Å². The number of carbonyl (C=O) groups is 2. The SMILES string of the molecule is C=CCNC(=O)[C@H](C)OC(=O)c1ccc(OS(=O)(=O)c2cc(C)ccc2C)cc1. The quantitative estimate of drug-likeness (QED) is 0.403. The molecule has 0 saturated heterocycles. The molecule has 7 nitrogen and oxygen atoms in total. The molecule has 154 valence electrons. The molecule has 1 amide bonds. The Morgan fingerprint density at radius 1 is 1.14 bits per heavy atom. The van der Waals surface area contributed by atoms with Gasteiger partial charge in [-0.05, 0) is 62.2 Å². The van der Waals surface area contributed by atoms with Crippen molar-refractivity contribution in [3.63, 3.8) is 0 Å². The van der Waals surface area contributed by atoms with E-state index in [0.29, 0.717) is 5.56 Å². The zero-order valence-corrected chi connectivity index (χ0v) is 17.3. The van der Waals surface area contributed by atoms with Gasteiger partial charge >= 0.3 is 16.1 Å². The summed E-state index contributed by atoms with van der Waals surface area (Å²) in [7, 11) is -4.02. The average molecular weight is 417 g/mol. The molecule has 0 aliphatic carbocycles. The summed E-state index contributed by atoms with van der Waals surface area (Å²) in [5.41, 5.74) is 1.52. The number of nitrogens with one attached hydrogen (secondary N) is 1. The van der Waals surface area contributed by atoms with E-state index >= 15 is 0 Å². The summed E-state index contributed by atoms with van der Waals surface area (Å²) in [4.78, 5) is 24.0. The molecule has 2 aromatic carbocycles. The molecule has 8 heteroatoms. The van der Waals surface area contributed by atoms with Crippen LogP contribution in [0.5, 0.6) is 5.75 Å². The van der Waals surface area contributed by atoms with E-state index in [-0.39, 0.29) is 22.8 Å². The van der Waals surface area contributed by atoms with E-state index in [4.69, 9.17) is 8.92 Å². The van der Waals surface area contributed by atoms with Gasteiger partial charge in [-0.1, -0.05) is 18.2 Å². The van der Waals surface area contributed by atoms with Crippen molar-refractivity contribution in [2.75, 3.05) is 6.54 Å². The van der Waals surface area contributed by atoms with Crippen molar-refractivity contribution in [2.45, 2.75) is 31.8 Å². The maximum atomic E-state index is 12.5. The highest BCUT2D eigenvalue weighted by atomic mass is 32.2. The monoisotopic (exact) mass is 417 g/mol. The Morgan fingerprint density at radius 3 is 2.41 bits per heavy atom. The van der Waals surface area contributed by atoms with E-state index < -0.39 is 28.1 Å². The van der Waals surface area contributed by atoms with Crippen LogP contribution < -0.4 is 9.50 Å². The van der Waals surface area contributed by atoms with Gasteiger partial charge in [-0.25, -0.2) is 4.79 Å². The van der Waals surface area contributed by atoms with E-state index in [1.807, 2.05) is 6.07 Å². The summed E-state index contributed by atoms with van der Waals surface area (Å²) < 4.78 is 35.3. The molecule has 0 saturated carbocycles. The molecule has 29 heavy (non-hydrogen) atoms. The first kappa shape index (κ1) is 22.2. The second-order valence-corrected chi connectivity index (χ2v) is 7.93. The van der Waals surface area contributed by atoms with E-state index in [1.165, 1.54) is 43.3 Å². The van der Waals surface area contributed by atoms with Crippen molar-refractivity contribution in [1.29, 1.82) is 0 Å². The third-order valence-electron chi connectivity index (χ3n) is 3.98. The van der Waals surface area contributed by atoms with Crippen LogP contribution in [0.15, 0.2) is 60.0 Å². The van der Waals surface area contributed by atoms with Crippen LogP contribution in [0.4, 0.5) is 0 Å². The van der Waals surface area contributed by atoms with Crippen molar-refractivity contribution in [3.05, 3.63) is 71.8 Å². The number of benzene rings is 2. The Morgan fingerprint density at radius 2 is 1.79 bits per heavy atom. The lowest BCUT2D eigenvalue weighted by molar-refractivity contribution is -0.128. The smallest absolute Gasteiger partial charge is 0.339 e. The fraction of sp³-hybridized carbons (Fsp3) is 0.238. The summed E-state index contributed by atoms with van der Waals surface area (Å²) in [5.74, 6) is -1.10. The van der Waals surface area contributed by atoms with Gasteiger partial charge in [0.15, 0.2) is 6.10 Å². The highest BCUT2D eigenvalue weighted by Gasteiger charge is 2.21. The minimum atomic E-state index is -4.02. The predicted octanol–water partition coefficient (Wildman–Crippen LogP) is 2.92. The molecule has 0 unspecified atom stereocenters. The van der Waals surface area contributed by atoms with Crippen molar-refractivity contribution in [3.8, 4) is 5.75 Å². The lowest BCUT2D eigenvalue weighted by Gasteiger charge is -2.13. The minimum Gasteiger partial charge on any atom is -0.449 e. The molecule has 0 aromatic heterocycles. The summed E-state index contributed by atoms with van der Waals surface area (Å²) in [6.07, 6.45) is 0.528. The van der Waals surface area contributed by atoms with Crippen LogP contribution >= 0.6 is 0 Å². The van der Waals surface area contributed by atoms with Crippen LogP contribution in [0.1, 0.15) is 28.4 Å². The number of hydrogen-bond acceptors (Lipinski definition) is 6. The lowest BCUT2D eigenvalue weighted by Crippen LogP contribution is -2.35. The van der Waals surface area contributed by atoms with Crippen molar-refractivity contribution < 1.29 is 26.9 Å². The van der Waals surface area contributed by atoms with Crippen LogP contribution in [-0.2, 0) is 19.6 Å². The summed E-state index contributed by atoms with van der Waals surface area (Å²) in [6.45, 7) is 8.67. The molecular weight excluding hydrogens is 394 g/mol. The Kier molecular flexibility index (Phi) is 7.17. The molecule has 2 rings (SSSR count). The van der Waals surface area contributed by atoms with Crippen LogP contribution in [0, 0.1) is 13.8 Å². The van der Waals surface area contributed by atoms with Crippen LogP contribution in [0.25, 0.3) is 0 Å². The Balaban J connectivity index is 2.08. The summed E-state index contributed by atoms with van der Waals surface area (Å²) in [5, 5.41) is 2.53. The van der Waals surface area contributed by atoms with Crippen LogP contribution in [0.2, 0.25) is 0 Å². The number of carbonyl (C=O) groups excluding carboxylic acids is 2. The number of ether oxygens (including phenoxy) is 1. The lowest BCUT2D eigenvalue weighted by atomic mass is 10.2. The van der Waals surface area contributed by atoms with E-state index in [1.54, 1.807) is 19.9 Å². The molecule has 1 atom stereocenters. The zero-order valence-electron chi connectivity index (χ0n) is 16.5. The second kappa shape index (κ2) is 9.38. The third kappa shape index (κ3) is 5.92. The number of esters is 1. The maximum absolute atomic E-state index is 12.5. The fourth-order valence-corrected chi connectivity index (χ4v) is 3.64. The van der Waals surface area contributed by atoms with E-state index in [2.05, 4.69) is 11.9 Å². The zero-order chi connectivity index (χ0) is 21.6. The van der Waals surface area contributed by atoms with Gasteiger partial charge in [-0.3, -0.25) is 4.79 Å². The van der Waals surface area contributed by atoms with Gasteiger partial charge in [0.25, 0.3) is 5.91 Å². The normalized spacial score (nSPS) is 12.0. The van der Waals surface area contributed by atoms with Gasteiger partial charge in [0.1, 0.15) is 10.6 Å². The van der Waals surface area contributed by atoms with Gasteiger partial charge in [-0.2, -0.15) is 8.42 Å². The van der Waals surface area contributed by atoms with E-state index in [9.17, 15) is 18.0 Å². The number of hydrogen-bond donors (Lipinski definition) is 1. The average Bonchev–Trinajstić information content (AvgIpc) is 2.67. The molecule has 0 radical (unpaired) electrons. The summed E-state index contributed by atoms with van der Waals surface area (Å²) in [6, 6.07) is 10.5. The van der Waals surface area contributed by atoms with Gasteiger partial charge in [0.05, 0.1) is 5.56 Å². The number of rotatable bonds is 8. The third-order valence-corrected chi connectivity index (χ3v) is 5.37. The topological polar surface area (TPSA) is 98.8 Å². The van der Waals surface area contributed by atoms with Crippen LogP contribution in [-0.4, -0.2) is 32.9 Å². The van der Waals surface area contributed by atoms with Crippen molar-refractivity contribution in [2.24, 2.45) is 0 Å². The molecular formula is C21H23NO6S. The van der Waals surface area contributed by atoms with Gasteiger partial charge in [-0.15, -0.1) is 6.58 Å². The highest BCUT2D eigenvalue weighted by Crippen LogP contribution is 2.23. The molecule has 0 bridgehead atoms. The number of amides is 1. The second-order valence-electron chi connectivity index (χ2n) is 6.41. The molecule has 0 spiro atoms. The minimum absolute atomic E-state index is 0.0548. The Bertz CT molecular complexity index is 1010. The summed E-state index contributed by atoms with van der Waals surface area (Å²) >= 11 is 0. The van der Waals surface area contributed by atoms with Gasteiger partial charge in [0.2, 0.25) is 0 Å². The molecule has 0 aliphatic heterocycles. The first-order valence-corrected chi connectivity index (χ1v) is 10.3. The van der Waals surface area contributed by atoms with E-state index in [0.717, 1.165) is 5.56 Å². The maximum Gasteiger partial charge on any atom is 0.339 e. The van der Waals surface area contributed by atoms with Crippen LogP contribution in [0.3, 0.4) is 0 Å². The van der Waals surface area contributed by atoms with Gasteiger partial charge < -0.3 is 14.2 Å². The van der Waals surface area contributed by atoms with Gasteiger partial charge in [0, 0.05) is 6.54 Å². The Labute approximate surface area is 170 Å². The highest BCUT2D eigenvalue weighted by molar-refractivity contribution is 7.87. The predicted molar refractivity (Wildman–Crippen MR) is 108 cm³/mol. The molecule has 2 aromatic rings. The Hall–Kier alpha value is -3.13. The molecule has 0 heterocycles. The first-order chi connectivity index (χ1) is 13.6. The molecule has 0 fully saturated rings. The molecule has 0 aliphatic rings.